The van der Waals surface area contributed by atoms with E-state index in [4.69, 9.17) is 0 Å². The molecule has 0 atom stereocenters. The van der Waals surface area contributed by atoms with Crippen LogP contribution in [0.5, 0.6) is 0 Å². The third-order valence-electron chi connectivity index (χ3n) is 7.07. The molecule has 0 spiro atoms. The van der Waals surface area contributed by atoms with Crippen LogP contribution < -0.4 is 11.2 Å². The zero-order valence-electron chi connectivity index (χ0n) is 21.2. The van der Waals surface area contributed by atoms with Crippen molar-refractivity contribution in [1.29, 1.82) is 0 Å². The number of hydrogen-bond acceptors (Lipinski definition) is 5. The van der Waals surface area contributed by atoms with Gasteiger partial charge in [0.25, 0.3) is 5.56 Å². The number of benzene rings is 2. The first-order valence-corrected chi connectivity index (χ1v) is 13.6. The highest BCUT2D eigenvalue weighted by Crippen LogP contribution is 2.29. The summed E-state index contributed by atoms with van der Waals surface area (Å²) < 4.78 is 68.6. The van der Waals surface area contributed by atoms with Gasteiger partial charge in [-0.1, -0.05) is 24.3 Å². The molecule has 0 saturated carbocycles. The van der Waals surface area contributed by atoms with E-state index in [1.165, 1.54) is 40.2 Å². The first-order chi connectivity index (χ1) is 18.4. The summed E-state index contributed by atoms with van der Waals surface area (Å²) in [6, 6.07) is 13.0. The highest BCUT2D eigenvalue weighted by Gasteiger charge is 2.31. The van der Waals surface area contributed by atoms with Crippen LogP contribution in [0.2, 0.25) is 0 Å². The molecule has 1 aliphatic heterocycles. The minimum Gasteiger partial charge on any atom is -0.349 e. The Kier molecular flexibility index (Phi) is 6.77. The van der Waals surface area contributed by atoms with Crippen LogP contribution in [-0.2, 0) is 36.8 Å². The van der Waals surface area contributed by atoms with E-state index in [1.807, 2.05) is 4.90 Å². The Labute approximate surface area is 221 Å². The fourth-order valence-electron chi connectivity index (χ4n) is 4.75. The molecule has 0 unspecified atom stereocenters. The molecule has 13 heteroatoms. The molecule has 3 heterocycles. The number of alkyl halides is 3. The number of aryl methyl sites for hydroxylation is 1. The Morgan fingerprint density at radius 3 is 2.08 bits per heavy atom. The maximum absolute atomic E-state index is 13.2. The number of H-pyrrole nitrogens is 1. The average Bonchev–Trinajstić information content (AvgIpc) is 3.37. The minimum absolute atomic E-state index is 0.127. The summed E-state index contributed by atoms with van der Waals surface area (Å²) in [5.41, 5.74) is 1.09. The van der Waals surface area contributed by atoms with E-state index in [9.17, 15) is 31.2 Å². The van der Waals surface area contributed by atoms with E-state index in [0.29, 0.717) is 36.4 Å². The molecular formula is C26H26F3N5O4S. The van der Waals surface area contributed by atoms with E-state index < -0.39 is 33.0 Å². The molecule has 0 aliphatic carbocycles. The standard InChI is InChI=1S/C26H26F3N5O4S/c1-31-22-15-21(30-23(22)24(35)32(2)25(31)36)18-5-9-20(10-6-18)39(37,38)34-13-11-33(12-14-34)16-17-3-7-19(8-4-17)26(27,28)29/h3-10,15,30H,11-14,16H2,1-2H3. The van der Waals surface area contributed by atoms with Crippen LogP contribution in [0.4, 0.5) is 13.2 Å². The SMILES string of the molecule is Cn1c(=O)c2[nH]c(-c3ccc(S(=O)(=O)N4CCN(Cc5ccc(C(F)(F)F)cc5)CC4)cc3)cc2n(C)c1=O. The molecule has 206 valence electrons. The van der Waals surface area contributed by atoms with Gasteiger partial charge in [0.1, 0.15) is 5.52 Å². The van der Waals surface area contributed by atoms with Crippen LogP contribution in [0.1, 0.15) is 11.1 Å². The molecule has 0 bridgehead atoms. The molecule has 1 aliphatic rings. The van der Waals surface area contributed by atoms with Crippen molar-refractivity contribution in [3.63, 3.8) is 0 Å². The number of piperazine rings is 1. The second-order valence-corrected chi connectivity index (χ2v) is 11.5. The van der Waals surface area contributed by atoms with E-state index >= 15 is 0 Å². The van der Waals surface area contributed by atoms with Gasteiger partial charge in [-0.3, -0.25) is 18.8 Å². The number of fused-ring (bicyclic) bond motifs is 1. The predicted octanol–water partition coefficient (Wildman–Crippen LogP) is 2.76. The third-order valence-corrected chi connectivity index (χ3v) is 8.99. The summed E-state index contributed by atoms with van der Waals surface area (Å²) in [7, 11) is -0.784. The fraction of sp³-hybridized carbons (Fsp3) is 0.308. The first-order valence-electron chi connectivity index (χ1n) is 12.1. The van der Waals surface area contributed by atoms with E-state index in [2.05, 4.69) is 4.98 Å². The van der Waals surface area contributed by atoms with Crippen molar-refractivity contribution in [3.8, 4) is 11.3 Å². The minimum atomic E-state index is -4.38. The largest absolute Gasteiger partial charge is 0.416 e. The molecule has 0 radical (unpaired) electrons. The van der Waals surface area contributed by atoms with Crippen LogP contribution in [0, 0.1) is 0 Å². The van der Waals surface area contributed by atoms with Crippen molar-refractivity contribution in [2.24, 2.45) is 14.1 Å². The summed E-state index contributed by atoms with van der Waals surface area (Å²) in [6.07, 6.45) is -4.38. The van der Waals surface area contributed by atoms with Crippen molar-refractivity contribution >= 4 is 21.1 Å². The Bertz CT molecular complexity index is 1750. The molecule has 0 amide bonds. The molecule has 9 nitrogen and oxygen atoms in total. The molecule has 5 rings (SSSR count). The average molecular weight is 562 g/mol. The number of nitrogens with one attached hydrogen (secondary N) is 1. The fourth-order valence-corrected chi connectivity index (χ4v) is 6.17. The van der Waals surface area contributed by atoms with Crippen molar-refractivity contribution in [2.75, 3.05) is 26.2 Å². The summed E-state index contributed by atoms with van der Waals surface area (Å²) in [5, 5.41) is 0. The van der Waals surface area contributed by atoms with Crippen LogP contribution in [0.3, 0.4) is 0 Å². The monoisotopic (exact) mass is 561 g/mol. The number of rotatable bonds is 5. The summed E-state index contributed by atoms with van der Waals surface area (Å²) >= 11 is 0. The van der Waals surface area contributed by atoms with E-state index in [1.54, 1.807) is 25.2 Å². The Morgan fingerprint density at radius 1 is 0.872 bits per heavy atom. The van der Waals surface area contributed by atoms with Crippen LogP contribution in [-0.4, -0.2) is 57.9 Å². The molecule has 1 fully saturated rings. The number of aromatic amines is 1. The number of sulfonamides is 1. The zero-order valence-corrected chi connectivity index (χ0v) is 22.0. The smallest absolute Gasteiger partial charge is 0.349 e. The zero-order chi connectivity index (χ0) is 28.1. The molecule has 1 saturated heterocycles. The second kappa shape index (κ2) is 9.81. The maximum atomic E-state index is 13.2. The quantitative estimate of drug-likeness (QED) is 0.404. The first kappa shape index (κ1) is 26.9. The highest BCUT2D eigenvalue weighted by atomic mass is 32.2. The van der Waals surface area contributed by atoms with Gasteiger partial charge in [0.2, 0.25) is 10.0 Å². The predicted molar refractivity (Wildman–Crippen MR) is 140 cm³/mol. The number of aromatic nitrogens is 3. The lowest BCUT2D eigenvalue weighted by molar-refractivity contribution is -0.137. The van der Waals surface area contributed by atoms with Gasteiger partial charge in [-0.15, -0.1) is 0 Å². The van der Waals surface area contributed by atoms with Crippen LogP contribution in [0.25, 0.3) is 22.3 Å². The Hall–Kier alpha value is -3.68. The van der Waals surface area contributed by atoms with Crippen molar-refractivity contribution < 1.29 is 21.6 Å². The Morgan fingerprint density at radius 2 is 1.49 bits per heavy atom. The highest BCUT2D eigenvalue weighted by molar-refractivity contribution is 7.89. The summed E-state index contributed by atoms with van der Waals surface area (Å²) in [6.45, 7) is 1.83. The maximum Gasteiger partial charge on any atom is 0.416 e. The lowest BCUT2D eigenvalue weighted by Gasteiger charge is -2.34. The van der Waals surface area contributed by atoms with Gasteiger partial charge in [-0.05, 0) is 41.5 Å². The van der Waals surface area contributed by atoms with Gasteiger partial charge in [-0.2, -0.15) is 17.5 Å². The van der Waals surface area contributed by atoms with Gasteiger partial charge in [0, 0.05) is 52.5 Å². The van der Waals surface area contributed by atoms with Gasteiger partial charge < -0.3 is 4.98 Å². The van der Waals surface area contributed by atoms with Gasteiger partial charge in [-0.25, -0.2) is 13.2 Å². The Balaban J connectivity index is 1.27. The third kappa shape index (κ3) is 5.04. The molecule has 2 aromatic carbocycles. The van der Waals surface area contributed by atoms with Crippen molar-refractivity contribution in [1.82, 2.24) is 23.3 Å². The van der Waals surface area contributed by atoms with Gasteiger partial charge >= 0.3 is 11.9 Å². The molecule has 39 heavy (non-hydrogen) atoms. The molecule has 2 aromatic heterocycles. The van der Waals surface area contributed by atoms with Crippen molar-refractivity contribution in [3.05, 3.63) is 86.6 Å². The number of hydrogen-bond donors (Lipinski definition) is 1. The van der Waals surface area contributed by atoms with Crippen LogP contribution in [0.15, 0.2) is 69.1 Å². The van der Waals surface area contributed by atoms with Gasteiger partial charge in [0.05, 0.1) is 16.0 Å². The number of halogens is 3. The topological polar surface area (TPSA) is 100 Å². The van der Waals surface area contributed by atoms with Gasteiger partial charge in [0.15, 0.2) is 0 Å². The summed E-state index contributed by atoms with van der Waals surface area (Å²) in [5.74, 6) is 0. The van der Waals surface area contributed by atoms with E-state index in [-0.39, 0.29) is 23.5 Å². The molecule has 1 N–H and O–H groups in total. The normalized spacial score (nSPS) is 15.7. The van der Waals surface area contributed by atoms with Crippen molar-refractivity contribution in [2.45, 2.75) is 17.6 Å². The van der Waals surface area contributed by atoms with E-state index in [0.717, 1.165) is 22.3 Å². The second-order valence-electron chi connectivity index (χ2n) is 9.55. The molecule has 4 aromatic rings. The van der Waals surface area contributed by atoms with Crippen LogP contribution >= 0.6 is 0 Å². The summed E-state index contributed by atoms with van der Waals surface area (Å²) in [4.78, 5) is 29.8. The number of nitrogens with zero attached hydrogens (tertiary/aromatic N) is 4. The molecular weight excluding hydrogens is 535 g/mol. The lowest BCUT2D eigenvalue weighted by Crippen LogP contribution is -2.48. The lowest BCUT2D eigenvalue weighted by atomic mass is 10.1.